The maximum atomic E-state index is 12.4. The summed E-state index contributed by atoms with van der Waals surface area (Å²) in [6.45, 7) is 6.05. The molecule has 0 bridgehead atoms. The summed E-state index contributed by atoms with van der Waals surface area (Å²) in [4.78, 5) is 0.0392. The van der Waals surface area contributed by atoms with Crippen LogP contribution in [-0.4, -0.2) is 8.42 Å². The van der Waals surface area contributed by atoms with Gasteiger partial charge in [-0.25, -0.2) is 8.42 Å². The van der Waals surface area contributed by atoms with Gasteiger partial charge >= 0.3 is 0 Å². The summed E-state index contributed by atoms with van der Waals surface area (Å²) in [7, 11) is -3.73. The average molecular weight is 358 g/mol. The van der Waals surface area contributed by atoms with Gasteiger partial charge in [0.2, 0.25) is 0 Å². The van der Waals surface area contributed by atoms with E-state index >= 15 is 0 Å². The van der Waals surface area contributed by atoms with Gasteiger partial charge in [-0.2, -0.15) is 0 Å². The molecule has 0 fully saturated rings. The Morgan fingerprint density at radius 1 is 1.00 bits per heavy atom. The zero-order valence-electron chi connectivity index (χ0n) is 12.5. The largest absolute Gasteiger partial charge is 0.279 e. The third kappa shape index (κ3) is 3.94. The van der Waals surface area contributed by atoms with Gasteiger partial charge in [-0.15, -0.1) is 0 Å². The molecular weight excluding hydrogens is 341 g/mol. The van der Waals surface area contributed by atoms with Crippen LogP contribution in [0.1, 0.15) is 30.9 Å². The smallest absolute Gasteiger partial charge is 0.262 e. The Balaban J connectivity index is 2.36. The van der Waals surface area contributed by atoms with Crippen molar-refractivity contribution in [1.29, 1.82) is 0 Å². The van der Waals surface area contributed by atoms with E-state index in [9.17, 15) is 8.42 Å². The van der Waals surface area contributed by atoms with Crippen LogP contribution in [0.3, 0.4) is 0 Å². The predicted octanol–water partition coefficient (Wildman–Crippen LogP) is 5.23. The first-order valence-electron chi connectivity index (χ1n) is 6.78. The van der Waals surface area contributed by atoms with E-state index < -0.39 is 10.0 Å². The van der Waals surface area contributed by atoms with Crippen molar-refractivity contribution >= 4 is 38.9 Å². The zero-order chi connectivity index (χ0) is 16.5. The summed E-state index contributed by atoms with van der Waals surface area (Å²) in [5, 5.41) is 0.555. The second kappa shape index (κ2) is 6.49. The molecule has 0 aliphatic carbocycles. The topological polar surface area (TPSA) is 46.2 Å². The van der Waals surface area contributed by atoms with Gasteiger partial charge in [0.1, 0.15) is 0 Å². The van der Waals surface area contributed by atoms with Gasteiger partial charge in [-0.1, -0.05) is 49.2 Å². The van der Waals surface area contributed by atoms with Crippen molar-refractivity contribution in [2.24, 2.45) is 0 Å². The third-order valence-electron chi connectivity index (χ3n) is 3.31. The van der Waals surface area contributed by atoms with E-state index in [4.69, 9.17) is 23.2 Å². The highest BCUT2D eigenvalue weighted by molar-refractivity contribution is 7.92. The molecular formula is C16H17Cl2NO2S. The molecule has 0 atom stereocenters. The fourth-order valence-corrected chi connectivity index (χ4v) is 3.90. The van der Waals surface area contributed by atoms with E-state index in [1.54, 1.807) is 6.07 Å². The highest BCUT2D eigenvalue weighted by Crippen LogP contribution is 2.27. The van der Waals surface area contributed by atoms with Gasteiger partial charge in [0.15, 0.2) is 0 Å². The molecule has 0 saturated carbocycles. The number of benzene rings is 2. The van der Waals surface area contributed by atoms with Crippen molar-refractivity contribution < 1.29 is 8.42 Å². The van der Waals surface area contributed by atoms with Gasteiger partial charge < -0.3 is 0 Å². The average Bonchev–Trinajstić information content (AvgIpc) is 2.39. The zero-order valence-corrected chi connectivity index (χ0v) is 14.9. The molecule has 2 aromatic carbocycles. The number of halogens is 2. The molecule has 1 N–H and O–H groups in total. The van der Waals surface area contributed by atoms with Gasteiger partial charge in [0.25, 0.3) is 10.0 Å². The van der Waals surface area contributed by atoms with E-state index in [2.05, 4.69) is 18.6 Å². The lowest BCUT2D eigenvalue weighted by atomic mass is 10.0. The summed E-state index contributed by atoms with van der Waals surface area (Å²) < 4.78 is 27.5. The van der Waals surface area contributed by atoms with E-state index in [0.29, 0.717) is 11.6 Å². The summed E-state index contributed by atoms with van der Waals surface area (Å²) >= 11 is 11.7. The van der Waals surface area contributed by atoms with E-state index in [-0.39, 0.29) is 14.9 Å². The maximum Gasteiger partial charge on any atom is 0.262 e. The number of hydrogen-bond acceptors (Lipinski definition) is 2. The van der Waals surface area contributed by atoms with Crippen LogP contribution >= 0.6 is 23.2 Å². The summed E-state index contributed by atoms with van der Waals surface area (Å²) in [5.74, 6) is 0.385. The van der Waals surface area contributed by atoms with Crippen LogP contribution < -0.4 is 4.72 Å². The minimum absolute atomic E-state index is 0.0392. The lowest BCUT2D eigenvalue weighted by Crippen LogP contribution is -2.14. The second-order valence-electron chi connectivity index (χ2n) is 5.44. The number of rotatable bonds is 4. The Morgan fingerprint density at radius 2 is 1.59 bits per heavy atom. The summed E-state index contributed by atoms with van der Waals surface area (Å²) in [6, 6.07) is 9.90. The van der Waals surface area contributed by atoms with Gasteiger partial charge in [-0.05, 0) is 48.2 Å². The molecule has 0 radical (unpaired) electrons. The highest BCUT2D eigenvalue weighted by atomic mass is 35.5. The SMILES string of the molecule is Cc1cc(C(C)C)ccc1NS(=O)(=O)c1cc(Cl)cc(Cl)c1. The summed E-state index contributed by atoms with van der Waals surface area (Å²) in [5.41, 5.74) is 2.56. The Bertz CT molecular complexity index is 782. The minimum Gasteiger partial charge on any atom is -0.279 e. The number of nitrogens with one attached hydrogen (secondary N) is 1. The normalized spacial score (nSPS) is 11.7. The van der Waals surface area contributed by atoms with Crippen LogP contribution in [0.5, 0.6) is 0 Å². The van der Waals surface area contributed by atoms with Crippen LogP contribution in [0, 0.1) is 6.92 Å². The van der Waals surface area contributed by atoms with Crippen LogP contribution in [0.4, 0.5) is 5.69 Å². The van der Waals surface area contributed by atoms with Gasteiger partial charge in [0, 0.05) is 10.0 Å². The number of aryl methyl sites for hydroxylation is 1. The van der Waals surface area contributed by atoms with E-state index in [1.165, 1.54) is 18.2 Å². The Kier molecular flexibility index (Phi) is 5.05. The first-order valence-corrected chi connectivity index (χ1v) is 9.02. The van der Waals surface area contributed by atoms with Crippen molar-refractivity contribution in [2.75, 3.05) is 4.72 Å². The van der Waals surface area contributed by atoms with Crippen LogP contribution in [0.15, 0.2) is 41.3 Å². The van der Waals surface area contributed by atoms with Crippen molar-refractivity contribution in [2.45, 2.75) is 31.6 Å². The molecule has 3 nitrogen and oxygen atoms in total. The molecule has 0 aliphatic rings. The first kappa shape index (κ1) is 17.1. The molecule has 0 saturated heterocycles. The Morgan fingerprint density at radius 3 is 2.09 bits per heavy atom. The molecule has 0 unspecified atom stereocenters. The van der Waals surface area contributed by atoms with Crippen LogP contribution in [0.25, 0.3) is 0 Å². The molecule has 0 heterocycles. The molecule has 22 heavy (non-hydrogen) atoms. The molecule has 2 rings (SSSR count). The number of sulfonamides is 1. The fraction of sp³-hybridized carbons (Fsp3) is 0.250. The van der Waals surface area contributed by atoms with Crippen molar-refractivity contribution in [3.05, 3.63) is 57.6 Å². The fourth-order valence-electron chi connectivity index (χ4n) is 2.05. The molecule has 2 aromatic rings. The molecule has 118 valence electrons. The van der Waals surface area contributed by atoms with Crippen LogP contribution in [-0.2, 0) is 10.0 Å². The van der Waals surface area contributed by atoms with E-state index in [1.807, 2.05) is 19.1 Å². The first-order chi connectivity index (χ1) is 10.2. The Labute approximate surface area is 141 Å². The van der Waals surface area contributed by atoms with Crippen LogP contribution in [0.2, 0.25) is 10.0 Å². The number of hydrogen-bond donors (Lipinski definition) is 1. The van der Waals surface area contributed by atoms with Crippen molar-refractivity contribution in [3.63, 3.8) is 0 Å². The van der Waals surface area contributed by atoms with Crippen molar-refractivity contribution in [3.8, 4) is 0 Å². The molecule has 0 spiro atoms. The Hall–Kier alpha value is -1.23. The highest BCUT2D eigenvalue weighted by Gasteiger charge is 2.17. The van der Waals surface area contributed by atoms with E-state index in [0.717, 1.165) is 11.1 Å². The lowest BCUT2D eigenvalue weighted by Gasteiger charge is -2.13. The number of anilines is 1. The minimum atomic E-state index is -3.73. The molecule has 0 amide bonds. The maximum absolute atomic E-state index is 12.4. The lowest BCUT2D eigenvalue weighted by molar-refractivity contribution is 0.601. The molecule has 0 aromatic heterocycles. The van der Waals surface area contributed by atoms with Gasteiger partial charge in [0.05, 0.1) is 10.6 Å². The third-order valence-corrected chi connectivity index (χ3v) is 5.09. The molecule has 6 heteroatoms. The quantitative estimate of drug-likeness (QED) is 0.814. The van der Waals surface area contributed by atoms with Crippen molar-refractivity contribution in [1.82, 2.24) is 0 Å². The molecule has 0 aliphatic heterocycles. The second-order valence-corrected chi connectivity index (χ2v) is 7.99. The standard InChI is InChI=1S/C16H17Cl2NO2S/c1-10(2)12-4-5-16(11(3)6-12)19-22(20,21)15-8-13(17)7-14(18)9-15/h4-10,19H,1-3H3. The monoisotopic (exact) mass is 357 g/mol. The summed E-state index contributed by atoms with van der Waals surface area (Å²) in [6.07, 6.45) is 0. The predicted molar refractivity (Wildman–Crippen MR) is 92.5 cm³/mol. The van der Waals surface area contributed by atoms with Gasteiger partial charge in [-0.3, -0.25) is 4.72 Å².